The summed E-state index contributed by atoms with van der Waals surface area (Å²) in [6.45, 7) is 6.30. The lowest BCUT2D eigenvalue weighted by atomic mass is 9.48. The van der Waals surface area contributed by atoms with Gasteiger partial charge in [0.05, 0.1) is 12.0 Å². The summed E-state index contributed by atoms with van der Waals surface area (Å²) in [6, 6.07) is 0. The maximum atomic E-state index is 13.1. The summed E-state index contributed by atoms with van der Waals surface area (Å²) in [7, 11) is 0. The first-order valence-corrected chi connectivity index (χ1v) is 9.67. The van der Waals surface area contributed by atoms with Gasteiger partial charge in [-0.1, -0.05) is 6.92 Å². The normalized spacial score (nSPS) is 36.1. The van der Waals surface area contributed by atoms with Crippen molar-refractivity contribution in [1.82, 2.24) is 0 Å². The molecular weight excluding hydrogens is 342 g/mol. The molecule has 0 radical (unpaired) electrons. The predicted molar refractivity (Wildman–Crippen MR) is 91.6 cm³/mol. The van der Waals surface area contributed by atoms with Crippen molar-refractivity contribution in [3.63, 3.8) is 0 Å². The molecule has 0 aliphatic heterocycles. The van der Waals surface area contributed by atoms with Crippen molar-refractivity contribution >= 4 is 11.9 Å². The highest BCUT2D eigenvalue weighted by molar-refractivity contribution is 5.77. The third kappa shape index (κ3) is 3.61. The first kappa shape index (κ1) is 19.6. The van der Waals surface area contributed by atoms with Crippen molar-refractivity contribution in [1.29, 1.82) is 0 Å². The number of ether oxygens (including phenoxy) is 2. The van der Waals surface area contributed by atoms with Crippen LogP contribution in [-0.4, -0.2) is 30.1 Å². The molecule has 0 aromatic carbocycles. The molecule has 2 unspecified atom stereocenters. The summed E-state index contributed by atoms with van der Waals surface area (Å²) in [4.78, 5) is 24.2. The van der Waals surface area contributed by atoms with Crippen molar-refractivity contribution in [3.8, 4) is 0 Å². The molecule has 2 atom stereocenters. The zero-order valence-electron chi connectivity index (χ0n) is 16.2. The average molecular weight is 372 g/mol. The van der Waals surface area contributed by atoms with Crippen LogP contribution in [0, 0.1) is 22.7 Å². The highest BCUT2D eigenvalue weighted by Gasteiger charge is 2.60. The molecule has 26 heavy (non-hydrogen) atoms. The number of hydrogen-bond donors (Lipinski definition) is 0. The molecule has 0 spiro atoms. The Labute approximate surface area is 154 Å². The number of carbonyl (C=O) groups excluding carboxylic acids is 2. The van der Waals surface area contributed by atoms with Crippen LogP contribution in [0.1, 0.15) is 72.6 Å². The Balaban J connectivity index is 1.74. The molecule has 4 fully saturated rings. The fourth-order valence-corrected chi connectivity index (χ4v) is 5.48. The third-order valence-electron chi connectivity index (χ3n) is 6.74. The monoisotopic (exact) mass is 372 g/mol. The summed E-state index contributed by atoms with van der Waals surface area (Å²) in [5, 5.41) is 0. The molecule has 4 bridgehead atoms. The SMILES string of the molecule is CCC(C)(C)C(=O)OC12CC3CC(CC(COC(=O)C(C)(F)F)(C3)C1)C2. The lowest BCUT2D eigenvalue weighted by molar-refractivity contribution is -0.219. The van der Waals surface area contributed by atoms with Crippen molar-refractivity contribution in [2.24, 2.45) is 22.7 Å². The van der Waals surface area contributed by atoms with Crippen LogP contribution in [0.5, 0.6) is 0 Å². The topological polar surface area (TPSA) is 52.6 Å². The Morgan fingerprint density at radius 2 is 1.62 bits per heavy atom. The van der Waals surface area contributed by atoms with E-state index in [-0.39, 0.29) is 18.0 Å². The van der Waals surface area contributed by atoms with Gasteiger partial charge in [0, 0.05) is 12.3 Å². The molecule has 0 amide bonds. The lowest BCUT2D eigenvalue weighted by Gasteiger charge is -2.61. The largest absolute Gasteiger partial charge is 0.461 e. The van der Waals surface area contributed by atoms with Crippen LogP contribution in [0.15, 0.2) is 0 Å². The van der Waals surface area contributed by atoms with E-state index < -0.39 is 22.9 Å². The number of rotatable bonds is 6. The second-order valence-electron chi connectivity index (χ2n) is 9.74. The van der Waals surface area contributed by atoms with Crippen LogP contribution in [0.2, 0.25) is 0 Å². The first-order valence-electron chi connectivity index (χ1n) is 9.67. The van der Waals surface area contributed by atoms with E-state index in [0.29, 0.717) is 31.6 Å². The van der Waals surface area contributed by atoms with Gasteiger partial charge in [0.2, 0.25) is 0 Å². The van der Waals surface area contributed by atoms with E-state index in [1.165, 1.54) is 0 Å². The molecular formula is C20H30F2O4. The maximum absolute atomic E-state index is 13.1. The molecule has 4 aliphatic rings. The van der Waals surface area contributed by atoms with Crippen molar-refractivity contribution in [2.75, 3.05) is 6.61 Å². The zero-order valence-corrected chi connectivity index (χ0v) is 16.2. The number of esters is 2. The third-order valence-corrected chi connectivity index (χ3v) is 6.74. The summed E-state index contributed by atoms with van der Waals surface area (Å²) < 4.78 is 37.4. The molecule has 0 aromatic rings. The van der Waals surface area contributed by atoms with Crippen LogP contribution in [0.25, 0.3) is 0 Å². The van der Waals surface area contributed by atoms with Gasteiger partial charge >= 0.3 is 17.9 Å². The molecule has 0 heterocycles. The van der Waals surface area contributed by atoms with Gasteiger partial charge in [0.1, 0.15) is 5.60 Å². The van der Waals surface area contributed by atoms with Crippen LogP contribution >= 0.6 is 0 Å². The van der Waals surface area contributed by atoms with Crippen LogP contribution in [-0.2, 0) is 19.1 Å². The smallest absolute Gasteiger partial charge is 0.376 e. The van der Waals surface area contributed by atoms with E-state index in [0.717, 1.165) is 32.1 Å². The zero-order chi connectivity index (χ0) is 19.4. The Hall–Kier alpha value is -1.20. The van der Waals surface area contributed by atoms with E-state index in [1.807, 2.05) is 20.8 Å². The quantitative estimate of drug-likeness (QED) is 0.644. The van der Waals surface area contributed by atoms with Gasteiger partial charge < -0.3 is 9.47 Å². The summed E-state index contributed by atoms with van der Waals surface area (Å²) in [5.41, 5.74) is -1.39. The molecule has 0 saturated heterocycles. The molecule has 0 N–H and O–H groups in total. The molecule has 4 nitrogen and oxygen atoms in total. The number of alkyl halides is 2. The minimum Gasteiger partial charge on any atom is -0.461 e. The highest BCUT2D eigenvalue weighted by Crippen LogP contribution is 2.63. The van der Waals surface area contributed by atoms with Gasteiger partial charge in [-0.15, -0.1) is 0 Å². The fraction of sp³-hybridized carbons (Fsp3) is 0.900. The Morgan fingerprint density at radius 1 is 1.04 bits per heavy atom. The summed E-state index contributed by atoms with van der Waals surface area (Å²) in [6.07, 6.45) is 5.81. The van der Waals surface area contributed by atoms with Crippen LogP contribution in [0.4, 0.5) is 8.78 Å². The highest BCUT2D eigenvalue weighted by atomic mass is 19.3. The van der Waals surface area contributed by atoms with E-state index in [4.69, 9.17) is 9.47 Å². The predicted octanol–water partition coefficient (Wildman–Crippen LogP) is 4.50. The van der Waals surface area contributed by atoms with Crippen molar-refractivity contribution < 1.29 is 27.8 Å². The number of carbonyl (C=O) groups is 2. The first-order chi connectivity index (χ1) is 11.9. The number of halogens is 2. The van der Waals surface area contributed by atoms with Gasteiger partial charge in [-0.2, -0.15) is 8.78 Å². The molecule has 0 aromatic heterocycles. The van der Waals surface area contributed by atoms with Gasteiger partial charge in [0.15, 0.2) is 0 Å². The van der Waals surface area contributed by atoms with Gasteiger partial charge in [0.25, 0.3) is 0 Å². The van der Waals surface area contributed by atoms with Gasteiger partial charge in [-0.25, -0.2) is 4.79 Å². The second-order valence-corrected chi connectivity index (χ2v) is 9.74. The minimum atomic E-state index is -3.47. The Bertz CT molecular complexity index is 579. The Morgan fingerprint density at radius 3 is 2.12 bits per heavy atom. The molecule has 148 valence electrons. The Kier molecular flexibility index (Phi) is 4.64. The number of hydrogen-bond acceptors (Lipinski definition) is 4. The van der Waals surface area contributed by atoms with Gasteiger partial charge in [-0.05, 0) is 70.6 Å². The maximum Gasteiger partial charge on any atom is 0.376 e. The minimum absolute atomic E-state index is 0.00126. The summed E-state index contributed by atoms with van der Waals surface area (Å²) in [5.74, 6) is -4.30. The molecule has 4 saturated carbocycles. The van der Waals surface area contributed by atoms with Crippen molar-refractivity contribution in [3.05, 3.63) is 0 Å². The van der Waals surface area contributed by atoms with E-state index in [2.05, 4.69) is 0 Å². The lowest BCUT2D eigenvalue weighted by Crippen LogP contribution is -2.59. The van der Waals surface area contributed by atoms with E-state index >= 15 is 0 Å². The van der Waals surface area contributed by atoms with E-state index in [9.17, 15) is 18.4 Å². The second kappa shape index (κ2) is 6.16. The standard InChI is InChI=1S/C20H30F2O4/c1-5-17(2,3)15(23)26-20-9-13-6-14(10-20)8-19(7-13,11-20)12-25-16(24)18(4,21)22/h13-14H,5-12H2,1-4H3. The van der Waals surface area contributed by atoms with Crippen LogP contribution in [0.3, 0.4) is 0 Å². The van der Waals surface area contributed by atoms with Crippen molar-refractivity contribution in [2.45, 2.75) is 84.2 Å². The fourth-order valence-electron chi connectivity index (χ4n) is 5.48. The average Bonchev–Trinajstić information content (AvgIpc) is 2.49. The summed E-state index contributed by atoms with van der Waals surface area (Å²) >= 11 is 0. The van der Waals surface area contributed by atoms with Crippen LogP contribution < -0.4 is 0 Å². The molecule has 4 rings (SSSR count). The molecule has 4 aliphatic carbocycles. The molecule has 6 heteroatoms. The van der Waals surface area contributed by atoms with Gasteiger partial charge in [-0.3, -0.25) is 4.79 Å². The van der Waals surface area contributed by atoms with E-state index in [1.54, 1.807) is 0 Å².